The van der Waals surface area contributed by atoms with Crippen LogP contribution in [0.15, 0.2) is 40.1 Å². The van der Waals surface area contributed by atoms with Gasteiger partial charge in [-0.15, -0.1) is 21.5 Å². The van der Waals surface area contributed by atoms with Gasteiger partial charge in [0.2, 0.25) is 5.13 Å². The molecule has 0 radical (unpaired) electrons. The molecule has 118 valence electrons. The third-order valence-corrected chi connectivity index (χ3v) is 5.81. The molecule has 0 aliphatic carbocycles. The summed E-state index contributed by atoms with van der Waals surface area (Å²) >= 11 is 4.28. The van der Waals surface area contributed by atoms with Crippen LogP contribution in [0.5, 0.6) is 0 Å². The second kappa shape index (κ2) is 7.16. The lowest BCUT2D eigenvalue weighted by atomic mass is 10.2. The summed E-state index contributed by atoms with van der Waals surface area (Å²) in [5, 5.41) is 12.3. The van der Waals surface area contributed by atoms with Gasteiger partial charge in [0, 0.05) is 10.6 Å². The lowest BCUT2D eigenvalue weighted by Gasteiger charge is -2.03. The topological polar surface area (TPSA) is 54.9 Å². The van der Waals surface area contributed by atoms with E-state index < -0.39 is 23.1 Å². The molecule has 9 heteroatoms. The van der Waals surface area contributed by atoms with Crippen LogP contribution in [0.3, 0.4) is 0 Å². The summed E-state index contributed by atoms with van der Waals surface area (Å²) < 4.78 is 27.8. The smallest absolute Gasteiger partial charge is 0.263 e. The highest BCUT2D eigenvalue weighted by Gasteiger charge is 2.18. The average Bonchev–Trinajstić information content (AvgIpc) is 3.16. The van der Waals surface area contributed by atoms with Crippen LogP contribution < -0.4 is 5.32 Å². The highest BCUT2D eigenvalue weighted by molar-refractivity contribution is 8.00. The summed E-state index contributed by atoms with van der Waals surface area (Å²) in [6, 6.07) is 7.24. The van der Waals surface area contributed by atoms with Crippen LogP contribution in [0.4, 0.5) is 13.9 Å². The maximum Gasteiger partial charge on any atom is 0.263 e. The Balaban J connectivity index is 1.65. The van der Waals surface area contributed by atoms with Gasteiger partial charge in [-0.25, -0.2) is 8.78 Å². The van der Waals surface area contributed by atoms with Crippen LogP contribution in [0.1, 0.15) is 15.2 Å². The molecule has 1 amide bonds. The van der Waals surface area contributed by atoms with Crippen molar-refractivity contribution >= 4 is 45.5 Å². The molecule has 23 heavy (non-hydrogen) atoms. The number of aromatic nitrogens is 2. The van der Waals surface area contributed by atoms with Crippen molar-refractivity contribution in [2.45, 2.75) is 10.1 Å². The number of carbonyl (C=O) groups excluding carboxylic acids is 1. The van der Waals surface area contributed by atoms with Gasteiger partial charge in [-0.1, -0.05) is 35.2 Å². The van der Waals surface area contributed by atoms with Crippen molar-refractivity contribution in [3.8, 4) is 0 Å². The minimum absolute atomic E-state index is 0.200. The number of nitrogens with one attached hydrogen (secondary N) is 1. The Labute approximate surface area is 142 Å². The van der Waals surface area contributed by atoms with E-state index in [2.05, 4.69) is 15.5 Å². The molecule has 0 aliphatic rings. The van der Waals surface area contributed by atoms with E-state index in [0.717, 1.165) is 29.2 Å². The van der Waals surface area contributed by atoms with Crippen molar-refractivity contribution in [1.82, 2.24) is 10.2 Å². The summed E-state index contributed by atoms with van der Waals surface area (Å²) in [5.74, 6) is -1.97. The zero-order chi connectivity index (χ0) is 16.2. The Morgan fingerprint density at radius 3 is 2.65 bits per heavy atom. The summed E-state index contributed by atoms with van der Waals surface area (Å²) in [7, 11) is 0. The standard InChI is InChI=1S/C14H9F2N3OS3/c15-9-4-1-5-10(16)11(9)12(20)17-13-18-19-14(23-13)22-7-8-3-2-6-21-8/h1-6H,7H2,(H,17,18,20). The molecule has 0 fully saturated rings. The van der Waals surface area contributed by atoms with E-state index in [-0.39, 0.29) is 5.13 Å². The van der Waals surface area contributed by atoms with E-state index in [4.69, 9.17) is 0 Å². The monoisotopic (exact) mass is 369 g/mol. The predicted molar refractivity (Wildman–Crippen MR) is 88.1 cm³/mol. The van der Waals surface area contributed by atoms with Gasteiger partial charge in [0.25, 0.3) is 5.91 Å². The first-order chi connectivity index (χ1) is 11.1. The summed E-state index contributed by atoms with van der Waals surface area (Å²) in [6.45, 7) is 0. The molecule has 2 heterocycles. The fraction of sp³-hybridized carbons (Fsp3) is 0.0714. The van der Waals surface area contributed by atoms with Crippen LogP contribution >= 0.6 is 34.4 Å². The number of amides is 1. The molecule has 0 unspecified atom stereocenters. The first-order valence-corrected chi connectivity index (χ1v) is 9.05. The first-order valence-electron chi connectivity index (χ1n) is 6.37. The summed E-state index contributed by atoms with van der Waals surface area (Å²) in [5.41, 5.74) is -0.629. The number of hydrogen-bond donors (Lipinski definition) is 1. The van der Waals surface area contributed by atoms with Gasteiger partial charge in [-0.2, -0.15) is 0 Å². The van der Waals surface area contributed by atoms with Crippen LogP contribution in [0, 0.1) is 11.6 Å². The Morgan fingerprint density at radius 1 is 1.17 bits per heavy atom. The molecular weight excluding hydrogens is 360 g/mol. The van der Waals surface area contributed by atoms with Crippen LogP contribution in [-0.4, -0.2) is 16.1 Å². The van der Waals surface area contributed by atoms with Crippen molar-refractivity contribution in [2.24, 2.45) is 0 Å². The van der Waals surface area contributed by atoms with E-state index in [1.54, 1.807) is 11.3 Å². The van der Waals surface area contributed by atoms with E-state index >= 15 is 0 Å². The third-order valence-electron chi connectivity index (χ3n) is 2.73. The van der Waals surface area contributed by atoms with E-state index in [1.165, 1.54) is 22.7 Å². The largest absolute Gasteiger partial charge is 0.296 e. The second-order valence-electron chi connectivity index (χ2n) is 4.29. The van der Waals surface area contributed by atoms with Crippen LogP contribution in [0.25, 0.3) is 0 Å². The number of nitrogens with zero attached hydrogens (tertiary/aromatic N) is 2. The Morgan fingerprint density at radius 2 is 1.96 bits per heavy atom. The molecular formula is C14H9F2N3OS3. The van der Waals surface area contributed by atoms with Gasteiger partial charge < -0.3 is 0 Å². The maximum absolute atomic E-state index is 13.6. The number of anilines is 1. The molecule has 0 saturated heterocycles. The molecule has 2 aromatic heterocycles. The molecule has 4 nitrogen and oxygen atoms in total. The quantitative estimate of drug-likeness (QED) is 0.534. The van der Waals surface area contributed by atoms with Gasteiger partial charge in [0.15, 0.2) is 4.34 Å². The highest BCUT2D eigenvalue weighted by atomic mass is 32.2. The fourth-order valence-corrected chi connectivity index (χ4v) is 4.24. The number of thioether (sulfide) groups is 1. The van der Waals surface area contributed by atoms with E-state index in [1.807, 2.05) is 17.5 Å². The zero-order valence-electron chi connectivity index (χ0n) is 11.5. The lowest BCUT2D eigenvalue weighted by Crippen LogP contribution is -2.15. The zero-order valence-corrected chi connectivity index (χ0v) is 13.9. The molecule has 0 saturated carbocycles. The van der Waals surface area contributed by atoms with Crippen LogP contribution in [0.2, 0.25) is 0 Å². The lowest BCUT2D eigenvalue weighted by molar-refractivity contribution is 0.101. The highest BCUT2D eigenvalue weighted by Crippen LogP contribution is 2.29. The van der Waals surface area contributed by atoms with E-state index in [9.17, 15) is 13.6 Å². The first kappa shape index (κ1) is 16.0. The van der Waals surface area contributed by atoms with Crippen molar-refractivity contribution < 1.29 is 13.6 Å². The summed E-state index contributed by atoms with van der Waals surface area (Å²) in [6.07, 6.45) is 0. The molecule has 0 atom stereocenters. The van der Waals surface area contributed by atoms with Gasteiger partial charge >= 0.3 is 0 Å². The summed E-state index contributed by atoms with van der Waals surface area (Å²) in [4.78, 5) is 13.2. The molecule has 3 aromatic rings. The number of halogens is 2. The minimum atomic E-state index is -0.917. The van der Waals surface area contributed by atoms with Gasteiger partial charge in [0.1, 0.15) is 17.2 Å². The minimum Gasteiger partial charge on any atom is -0.296 e. The number of rotatable bonds is 5. The molecule has 1 aromatic carbocycles. The van der Waals surface area contributed by atoms with Gasteiger partial charge in [-0.3, -0.25) is 10.1 Å². The van der Waals surface area contributed by atoms with Crippen molar-refractivity contribution in [3.05, 3.63) is 57.8 Å². The van der Waals surface area contributed by atoms with Crippen molar-refractivity contribution in [1.29, 1.82) is 0 Å². The maximum atomic E-state index is 13.6. The Kier molecular flexibility index (Phi) is 4.99. The normalized spacial score (nSPS) is 10.7. The third kappa shape index (κ3) is 3.92. The number of carbonyl (C=O) groups is 1. The van der Waals surface area contributed by atoms with Gasteiger partial charge in [-0.05, 0) is 23.6 Å². The van der Waals surface area contributed by atoms with Crippen molar-refractivity contribution in [2.75, 3.05) is 5.32 Å². The van der Waals surface area contributed by atoms with E-state index in [0.29, 0.717) is 4.34 Å². The number of thiophene rings is 1. The second-order valence-corrected chi connectivity index (χ2v) is 7.52. The Bertz CT molecular complexity index is 800. The number of hydrogen-bond acceptors (Lipinski definition) is 6. The molecule has 3 rings (SSSR count). The Hall–Kier alpha value is -1.84. The SMILES string of the molecule is O=C(Nc1nnc(SCc2cccs2)s1)c1c(F)cccc1F. The van der Waals surface area contributed by atoms with Crippen LogP contribution in [-0.2, 0) is 5.75 Å². The van der Waals surface area contributed by atoms with Gasteiger partial charge in [0.05, 0.1) is 0 Å². The molecule has 1 N–H and O–H groups in total. The molecule has 0 aliphatic heterocycles. The predicted octanol–water partition coefficient (Wildman–Crippen LogP) is 4.42. The average molecular weight is 369 g/mol. The molecule has 0 spiro atoms. The molecule has 0 bridgehead atoms. The fourth-order valence-electron chi connectivity index (χ4n) is 1.72. The van der Waals surface area contributed by atoms with Crippen molar-refractivity contribution in [3.63, 3.8) is 0 Å². The number of benzene rings is 1.